The fraction of sp³-hybridized carbons (Fsp3) is 0.0800. The van der Waals surface area contributed by atoms with Gasteiger partial charge in [-0.05, 0) is 30.3 Å². The van der Waals surface area contributed by atoms with Gasteiger partial charge in [-0.1, -0.05) is 36.4 Å². The monoisotopic (exact) mass is 495 g/mol. The van der Waals surface area contributed by atoms with Gasteiger partial charge in [-0.15, -0.1) is 0 Å². The Labute approximate surface area is 202 Å². The molecule has 2 heterocycles. The van der Waals surface area contributed by atoms with Crippen LogP contribution in [-0.4, -0.2) is 31.8 Å². The summed E-state index contributed by atoms with van der Waals surface area (Å²) in [6.07, 6.45) is -3.08. The number of halogens is 3. The molecule has 0 fully saturated rings. The Bertz CT molecular complexity index is 1570. The molecule has 0 radical (unpaired) electrons. The largest absolute Gasteiger partial charge is 0.490 e. The van der Waals surface area contributed by atoms with E-state index in [9.17, 15) is 13.2 Å². The average molecular weight is 495 g/mol. The summed E-state index contributed by atoms with van der Waals surface area (Å²) in [6, 6.07) is 21.7. The maximum atomic E-state index is 10.6. The molecule has 3 aromatic carbocycles. The van der Waals surface area contributed by atoms with E-state index in [-0.39, 0.29) is 5.95 Å². The molecular formula is C25H20F3N5O3. The lowest BCUT2D eigenvalue weighted by molar-refractivity contribution is -0.192. The number of para-hydroxylation sites is 2. The Morgan fingerprint density at radius 1 is 0.972 bits per heavy atom. The second kappa shape index (κ2) is 9.45. The van der Waals surface area contributed by atoms with Crippen LogP contribution in [0.25, 0.3) is 32.9 Å². The van der Waals surface area contributed by atoms with Gasteiger partial charge in [0.25, 0.3) is 0 Å². The molecule has 36 heavy (non-hydrogen) atoms. The number of anilines is 2. The fourth-order valence-electron chi connectivity index (χ4n) is 3.77. The minimum absolute atomic E-state index is 0.157. The van der Waals surface area contributed by atoms with Crippen molar-refractivity contribution in [1.82, 2.24) is 14.5 Å². The number of nitrogens with two attached hydrogens (primary N) is 2. The van der Waals surface area contributed by atoms with Gasteiger partial charge in [-0.2, -0.15) is 18.2 Å². The number of benzene rings is 3. The first-order valence-electron chi connectivity index (χ1n) is 10.5. The highest BCUT2D eigenvalue weighted by atomic mass is 19.4. The zero-order valence-electron chi connectivity index (χ0n) is 18.8. The number of hydrogen-bond acceptors (Lipinski definition) is 6. The van der Waals surface area contributed by atoms with Crippen LogP contribution >= 0.6 is 0 Å². The molecule has 0 spiro atoms. The Hall–Kier alpha value is -4.80. The van der Waals surface area contributed by atoms with Crippen LogP contribution in [0.15, 0.2) is 72.9 Å². The van der Waals surface area contributed by atoms with Gasteiger partial charge in [-0.25, -0.2) is 9.78 Å². The van der Waals surface area contributed by atoms with Gasteiger partial charge in [0.1, 0.15) is 17.3 Å². The number of fused-ring (bicyclic) bond motifs is 3. The van der Waals surface area contributed by atoms with Gasteiger partial charge in [0.05, 0.1) is 16.4 Å². The molecular weight excluding hydrogens is 475 g/mol. The van der Waals surface area contributed by atoms with Gasteiger partial charge in [0, 0.05) is 29.8 Å². The summed E-state index contributed by atoms with van der Waals surface area (Å²) in [5.41, 5.74) is 15.7. The van der Waals surface area contributed by atoms with E-state index in [0.717, 1.165) is 38.9 Å². The summed E-state index contributed by atoms with van der Waals surface area (Å²) in [5, 5.41) is 8.91. The first-order chi connectivity index (χ1) is 17.1. The number of carboxylic acids is 1. The Morgan fingerprint density at radius 2 is 1.61 bits per heavy atom. The normalized spacial score (nSPS) is 11.2. The highest BCUT2D eigenvalue weighted by Gasteiger charge is 2.38. The molecule has 0 unspecified atom stereocenters. The summed E-state index contributed by atoms with van der Waals surface area (Å²) >= 11 is 0. The van der Waals surface area contributed by atoms with Crippen molar-refractivity contribution in [3.63, 3.8) is 0 Å². The number of carboxylic acid groups (broad SMARTS) is 1. The number of aryl methyl sites for hydroxylation is 1. The molecule has 0 aliphatic carbocycles. The van der Waals surface area contributed by atoms with Crippen LogP contribution in [0, 0.1) is 0 Å². The lowest BCUT2D eigenvalue weighted by Crippen LogP contribution is -2.21. The van der Waals surface area contributed by atoms with E-state index >= 15 is 0 Å². The van der Waals surface area contributed by atoms with E-state index in [4.69, 9.17) is 26.1 Å². The van der Waals surface area contributed by atoms with Crippen molar-refractivity contribution < 1.29 is 27.8 Å². The molecule has 0 amide bonds. The highest BCUT2D eigenvalue weighted by molar-refractivity contribution is 6.15. The van der Waals surface area contributed by atoms with E-state index in [1.807, 2.05) is 80.0 Å². The van der Waals surface area contributed by atoms with Crippen molar-refractivity contribution in [1.29, 1.82) is 0 Å². The topological polar surface area (TPSA) is 129 Å². The predicted molar refractivity (Wildman–Crippen MR) is 130 cm³/mol. The lowest BCUT2D eigenvalue weighted by atomic mass is 9.99. The van der Waals surface area contributed by atoms with E-state index in [1.54, 1.807) is 0 Å². The predicted octanol–water partition coefficient (Wildman–Crippen LogP) is 5.38. The van der Waals surface area contributed by atoms with E-state index in [2.05, 4.69) is 14.5 Å². The second-order valence-electron chi connectivity index (χ2n) is 7.69. The number of rotatable bonds is 3. The van der Waals surface area contributed by atoms with Crippen molar-refractivity contribution >= 4 is 39.5 Å². The molecule has 0 atom stereocenters. The maximum Gasteiger partial charge on any atom is 0.490 e. The van der Waals surface area contributed by atoms with Crippen LogP contribution in [0.2, 0.25) is 0 Å². The number of alkyl halides is 3. The molecule has 5 N–H and O–H groups in total. The zero-order chi connectivity index (χ0) is 26.0. The third-order valence-corrected chi connectivity index (χ3v) is 5.25. The average Bonchev–Trinajstić information content (AvgIpc) is 3.20. The Kier molecular flexibility index (Phi) is 6.39. The standard InChI is InChI=1S/C23H19N5O.C2HF3O2/c1-28-12-11-16-20-18(26-23(25)27-22(20)24)13-17(21(16)28)15-9-5-6-10-19(15)29-14-7-3-2-4-8-14;3-2(4,5)1(6)7/h2-13H,1H3,(H4,24,25,26,27);(H,6,7). The molecule has 5 rings (SSSR count). The third-order valence-electron chi connectivity index (χ3n) is 5.25. The van der Waals surface area contributed by atoms with Crippen LogP contribution in [0.4, 0.5) is 24.9 Å². The molecule has 0 bridgehead atoms. The van der Waals surface area contributed by atoms with Crippen molar-refractivity contribution in [2.24, 2.45) is 7.05 Å². The number of hydrogen-bond donors (Lipinski definition) is 3. The van der Waals surface area contributed by atoms with Crippen LogP contribution in [0.1, 0.15) is 0 Å². The number of nitrogen functional groups attached to an aromatic ring is 2. The number of aromatic nitrogens is 3. The van der Waals surface area contributed by atoms with Crippen LogP contribution in [0.3, 0.4) is 0 Å². The minimum atomic E-state index is -5.08. The molecule has 11 heteroatoms. The molecule has 0 saturated carbocycles. The quantitative estimate of drug-likeness (QED) is 0.306. The maximum absolute atomic E-state index is 10.6. The molecule has 0 aliphatic rings. The van der Waals surface area contributed by atoms with Gasteiger partial charge in [-0.3, -0.25) is 0 Å². The lowest BCUT2D eigenvalue weighted by Gasteiger charge is -2.15. The van der Waals surface area contributed by atoms with Gasteiger partial charge >= 0.3 is 12.1 Å². The summed E-state index contributed by atoms with van der Waals surface area (Å²) in [7, 11) is 2.01. The van der Waals surface area contributed by atoms with Crippen LogP contribution in [0.5, 0.6) is 11.5 Å². The number of ether oxygens (including phenoxy) is 1. The van der Waals surface area contributed by atoms with E-state index in [1.165, 1.54) is 0 Å². The summed E-state index contributed by atoms with van der Waals surface area (Å²) in [6.45, 7) is 0. The fourth-order valence-corrected chi connectivity index (χ4v) is 3.77. The van der Waals surface area contributed by atoms with E-state index < -0.39 is 12.1 Å². The summed E-state index contributed by atoms with van der Waals surface area (Å²) < 4.78 is 40.0. The van der Waals surface area contributed by atoms with E-state index in [0.29, 0.717) is 11.3 Å². The molecule has 2 aromatic heterocycles. The van der Waals surface area contributed by atoms with Crippen molar-refractivity contribution in [3.8, 4) is 22.6 Å². The van der Waals surface area contributed by atoms with Gasteiger partial charge in [0.2, 0.25) is 5.95 Å². The molecule has 184 valence electrons. The smallest absolute Gasteiger partial charge is 0.475 e. The third kappa shape index (κ3) is 4.85. The number of nitrogens with zero attached hydrogens (tertiary/aromatic N) is 3. The molecule has 0 aliphatic heterocycles. The van der Waals surface area contributed by atoms with Crippen LogP contribution in [-0.2, 0) is 11.8 Å². The minimum Gasteiger partial charge on any atom is -0.475 e. The number of aliphatic carboxylic acids is 1. The van der Waals surface area contributed by atoms with Gasteiger partial charge in [0.15, 0.2) is 0 Å². The highest BCUT2D eigenvalue weighted by Crippen LogP contribution is 2.41. The molecule has 8 nitrogen and oxygen atoms in total. The first kappa shape index (κ1) is 24.3. The molecule has 0 saturated heterocycles. The first-order valence-corrected chi connectivity index (χ1v) is 10.5. The zero-order valence-corrected chi connectivity index (χ0v) is 18.8. The summed E-state index contributed by atoms with van der Waals surface area (Å²) in [4.78, 5) is 17.5. The Morgan fingerprint density at radius 3 is 2.28 bits per heavy atom. The van der Waals surface area contributed by atoms with Crippen molar-refractivity contribution in [2.75, 3.05) is 11.5 Å². The van der Waals surface area contributed by atoms with Crippen molar-refractivity contribution in [3.05, 3.63) is 72.9 Å². The SMILES string of the molecule is Cn1ccc2c3c(N)nc(N)nc3cc(-c3ccccc3Oc3ccccc3)c21.O=C(O)C(F)(F)F. The summed E-state index contributed by atoms with van der Waals surface area (Å²) in [5.74, 6) is -0.683. The molecule has 5 aromatic rings. The second-order valence-corrected chi connectivity index (χ2v) is 7.69. The van der Waals surface area contributed by atoms with Crippen LogP contribution < -0.4 is 16.2 Å². The van der Waals surface area contributed by atoms with Crippen molar-refractivity contribution in [2.45, 2.75) is 6.18 Å². The van der Waals surface area contributed by atoms with Gasteiger partial charge < -0.3 is 25.9 Å². The number of carbonyl (C=O) groups is 1. The Balaban J connectivity index is 0.000000384.